The van der Waals surface area contributed by atoms with Crippen molar-refractivity contribution >= 4 is 29.3 Å². The van der Waals surface area contributed by atoms with Crippen LogP contribution in [0.25, 0.3) is 0 Å². The van der Waals surface area contributed by atoms with Crippen LogP contribution in [0.2, 0.25) is 0 Å². The highest BCUT2D eigenvalue weighted by molar-refractivity contribution is 7.99. The van der Waals surface area contributed by atoms with E-state index < -0.39 is 11.9 Å². The molecule has 0 fully saturated rings. The van der Waals surface area contributed by atoms with Crippen molar-refractivity contribution in [2.24, 2.45) is 0 Å². The molecule has 6 nitrogen and oxygen atoms in total. The maximum atomic E-state index is 12.4. The molecule has 0 spiro atoms. The summed E-state index contributed by atoms with van der Waals surface area (Å²) in [4.78, 5) is 29.2. The molecule has 27 heavy (non-hydrogen) atoms. The smallest absolute Gasteiger partial charge is 0.341 e. The number of amides is 1. The highest BCUT2D eigenvalue weighted by Crippen LogP contribution is 2.29. The molecule has 0 atom stereocenters. The Labute approximate surface area is 160 Å². The number of hydrogen-bond donors (Lipinski definition) is 2. The molecule has 0 aliphatic rings. The minimum absolute atomic E-state index is 0.0163. The largest absolute Gasteiger partial charge is 0.505 e. The Morgan fingerprint density at radius 3 is 2.48 bits per heavy atom. The Morgan fingerprint density at radius 1 is 1.04 bits per heavy atom. The van der Waals surface area contributed by atoms with E-state index in [4.69, 9.17) is 0 Å². The molecule has 1 heterocycles. The molecule has 0 bridgehead atoms. The van der Waals surface area contributed by atoms with Crippen LogP contribution in [0.15, 0.2) is 76.8 Å². The predicted molar refractivity (Wildman–Crippen MR) is 102 cm³/mol. The van der Waals surface area contributed by atoms with Crippen molar-refractivity contribution in [2.75, 3.05) is 12.4 Å². The second kappa shape index (κ2) is 8.37. The van der Waals surface area contributed by atoms with E-state index >= 15 is 0 Å². The average molecular weight is 380 g/mol. The molecule has 2 aromatic carbocycles. The van der Waals surface area contributed by atoms with Gasteiger partial charge >= 0.3 is 5.97 Å². The quantitative estimate of drug-likeness (QED) is 0.514. The molecule has 136 valence electrons. The van der Waals surface area contributed by atoms with Gasteiger partial charge in [-0.05, 0) is 48.5 Å². The Morgan fingerprint density at radius 2 is 1.81 bits per heavy atom. The molecule has 3 rings (SSSR count). The van der Waals surface area contributed by atoms with Gasteiger partial charge in [0, 0.05) is 16.7 Å². The number of carbonyl (C=O) groups excluding carboxylic acids is 2. The van der Waals surface area contributed by atoms with Crippen molar-refractivity contribution < 1.29 is 19.4 Å². The third kappa shape index (κ3) is 4.45. The monoisotopic (exact) mass is 380 g/mol. The highest BCUT2D eigenvalue weighted by Gasteiger charge is 2.16. The van der Waals surface area contributed by atoms with Crippen LogP contribution in [-0.2, 0) is 4.74 Å². The number of aromatic hydroxyl groups is 1. The summed E-state index contributed by atoms with van der Waals surface area (Å²) in [7, 11) is 1.22. The first-order valence-electron chi connectivity index (χ1n) is 7.99. The Kier molecular flexibility index (Phi) is 5.73. The lowest BCUT2D eigenvalue weighted by Crippen LogP contribution is -2.13. The Bertz CT molecular complexity index is 959. The fraction of sp³-hybridized carbons (Fsp3) is 0.0500. The summed E-state index contributed by atoms with van der Waals surface area (Å²) in [5.41, 5.74) is 0.537. The van der Waals surface area contributed by atoms with Gasteiger partial charge in [-0.3, -0.25) is 4.79 Å². The lowest BCUT2D eigenvalue weighted by atomic mass is 10.1. The highest BCUT2D eigenvalue weighted by atomic mass is 32.2. The van der Waals surface area contributed by atoms with E-state index in [9.17, 15) is 14.7 Å². The summed E-state index contributed by atoms with van der Waals surface area (Å²) in [6.07, 6.45) is 1.72. The van der Waals surface area contributed by atoms with Crippen molar-refractivity contribution in [2.45, 2.75) is 9.92 Å². The molecule has 1 aromatic heterocycles. The molecule has 1 amide bonds. The number of phenols is 1. The van der Waals surface area contributed by atoms with Gasteiger partial charge in [-0.15, -0.1) is 0 Å². The van der Waals surface area contributed by atoms with Crippen LogP contribution in [0.3, 0.4) is 0 Å². The number of phenolic OH excluding ortho intramolecular Hbond substituents is 1. The Hall–Kier alpha value is -3.32. The zero-order chi connectivity index (χ0) is 19.2. The zero-order valence-corrected chi connectivity index (χ0v) is 15.2. The molecule has 2 N–H and O–H groups in total. The fourth-order valence-corrected chi connectivity index (χ4v) is 3.09. The number of ether oxygens (including phenoxy) is 1. The minimum Gasteiger partial charge on any atom is -0.505 e. The normalized spacial score (nSPS) is 10.3. The minimum atomic E-state index is -0.681. The lowest BCUT2D eigenvalue weighted by molar-refractivity contribution is 0.0597. The first-order chi connectivity index (χ1) is 13.1. The van der Waals surface area contributed by atoms with Gasteiger partial charge in [0.05, 0.1) is 12.8 Å². The molecular weight excluding hydrogens is 364 g/mol. The van der Waals surface area contributed by atoms with Crippen molar-refractivity contribution in [3.8, 4) is 5.75 Å². The van der Waals surface area contributed by atoms with E-state index in [0.717, 1.165) is 9.92 Å². The van der Waals surface area contributed by atoms with E-state index in [1.165, 1.54) is 31.0 Å². The van der Waals surface area contributed by atoms with E-state index in [1.54, 1.807) is 24.4 Å². The summed E-state index contributed by atoms with van der Waals surface area (Å²) < 4.78 is 4.60. The van der Waals surface area contributed by atoms with Crippen molar-refractivity contribution in [1.29, 1.82) is 0 Å². The van der Waals surface area contributed by atoms with E-state index in [2.05, 4.69) is 15.0 Å². The number of nitrogens with zero attached hydrogens (tertiary/aromatic N) is 1. The predicted octanol–water partition coefficient (Wildman–Crippen LogP) is 3.98. The van der Waals surface area contributed by atoms with Crippen LogP contribution in [0, 0.1) is 0 Å². The van der Waals surface area contributed by atoms with E-state index in [-0.39, 0.29) is 17.0 Å². The average Bonchev–Trinajstić information content (AvgIpc) is 2.70. The van der Waals surface area contributed by atoms with Gasteiger partial charge in [-0.25, -0.2) is 9.78 Å². The third-order valence-corrected chi connectivity index (χ3v) is 4.62. The SMILES string of the molecule is COC(=O)c1cccc(NC(=O)c2ccc(Sc3ccccn3)cc2)c1O. The number of nitrogens with one attached hydrogen (secondary N) is 1. The molecule has 0 saturated heterocycles. The molecule has 0 saturated carbocycles. The summed E-state index contributed by atoms with van der Waals surface area (Å²) >= 11 is 1.49. The number of hydrogen-bond acceptors (Lipinski definition) is 6. The van der Waals surface area contributed by atoms with Crippen LogP contribution >= 0.6 is 11.8 Å². The summed E-state index contributed by atoms with van der Waals surface area (Å²) in [5.74, 6) is -1.42. The number of benzene rings is 2. The van der Waals surface area contributed by atoms with Crippen LogP contribution in [0.5, 0.6) is 5.75 Å². The number of aromatic nitrogens is 1. The van der Waals surface area contributed by atoms with Crippen LogP contribution in [0.1, 0.15) is 20.7 Å². The second-order valence-corrected chi connectivity index (χ2v) is 6.54. The number of esters is 1. The van der Waals surface area contributed by atoms with Crippen molar-refractivity contribution in [1.82, 2.24) is 4.98 Å². The molecule has 0 radical (unpaired) electrons. The number of para-hydroxylation sites is 1. The van der Waals surface area contributed by atoms with E-state index in [1.807, 2.05) is 30.3 Å². The number of rotatable bonds is 5. The molecule has 0 aliphatic heterocycles. The van der Waals surface area contributed by atoms with Crippen LogP contribution in [0.4, 0.5) is 5.69 Å². The number of pyridine rings is 1. The van der Waals surface area contributed by atoms with Crippen LogP contribution in [-0.4, -0.2) is 29.1 Å². The molecule has 0 unspecified atom stereocenters. The van der Waals surface area contributed by atoms with Gasteiger partial charge in [0.1, 0.15) is 10.6 Å². The first kappa shape index (κ1) is 18.5. The number of anilines is 1. The van der Waals surface area contributed by atoms with Gasteiger partial charge in [-0.2, -0.15) is 0 Å². The maximum Gasteiger partial charge on any atom is 0.341 e. The van der Waals surface area contributed by atoms with Gasteiger partial charge in [0.2, 0.25) is 0 Å². The van der Waals surface area contributed by atoms with Gasteiger partial charge in [0.25, 0.3) is 5.91 Å². The topological polar surface area (TPSA) is 88.5 Å². The van der Waals surface area contributed by atoms with Crippen molar-refractivity contribution in [3.05, 3.63) is 78.0 Å². The molecule has 0 aliphatic carbocycles. The van der Waals surface area contributed by atoms with Crippen molar-refractivity contribution in [3.63, 3.8) is 0 Å². The second-order valence-electron chi connectivity index (χ2n) is 5.44. The lowest BCUT2D eigenvalue weighted by Gasteiger charge is -2.10. The van der Waals surface area contributed by atoms with Gasteiger partial charge in [0.15, 0.2) is 5.75 Å². The molecule has 3 aromatic rings. The number of carbonyl (C=O) groups is 2. The van der Waals surface area contributed by atoms with Crippen LogP contribution < -0.4 is 5.32 Å². The number of methoxy groups -OCH3 is 1. The van der Waals surface area contributed by atoms with Gasteiger partial charge < -0.3 is 15.2 Å². The summed E-state index contributed by atoms with van der Waals surface area (Å²) in [6, 6.07) is 17.1. The zero-order valence-electron chi connectivity index (χ0n) is 14.4. The van der Waals surface area contributed by atoms with E-state index in [0.29, 0.717) is 5.56 Å². The summed E-state index contributed by atoms with van der Waals surface area (Å²) in [6.45, 7) is 0. The fourth-order valence-electron chi connectivity index (χ4n) is 2.32. The molecular formula is C20H16N2O4S. The van der Waals surface area contributed by atoms with Gasteiger partial charge in [-0.1, -0.05) is 23.9 Å². The molecule has 7 heteroatoms. The Balaban J connectivity index is 1.72. The standard InChI is InChI=1S/C20H16N2O4S/c1-26-20(25)15-5-4-6-16(18(15)23)22-19(24)13-8-10-14(11-9-13)27-17-7-2-3-12-21-17/h2-12,23H,1H3,(H,22,24). The maximum absolute atomic E-state index is 12.4. The third-order valence-electron chi connectivity index (χ3n) is 3.67. The summed E-state index contributed by atoms with van der Waals surface area (Å²) in [5, 5.41) is 13.6. The first-order valence-corrected chi connectivity index (χ1v) is 8.80.